The van der Waals surface area contributed by atoms with Crippen molar-refractivity contribution in [2.24, 2.45) is 11.7 Å². The van der Waals surface area contributed by atoms with E-state index in [1.165, 1.54) is 0 Å². The molecule has 1 atom stereocenters. The molecule has 11 heavy (non-hydrogen) atoms. The van der Waals surface area contributed by atoms with E-state index in [2.05, 4.69) is 5.32 Å². The molecule has 0 fully saturated rings. The summed E-state index contributed by atoms with van der Waals surface area (Å²) >= 11 is 0. The topological polar surface area (TPSA) is 75.4 Å². The average Bonchev–Trinajstić information content (AvgIpc) is 2.00. The smallest absolute Gasteiger partial charge is 0.222 e. The zero-order valence-corrected chi connectivity index (χ0v) is 6.84. The zero-order chi connectivity index (χ0) is 8.69. The van der Waals surface area contributed by atoms with Crippen LogP contribution in [0.15, 0.2) is 0 Å². The van der Waals surface area contributed by atoms with Gasteiger partial charge in [-0.05, 0) is 13.0 Å². The summed E-state index contributed by atoms with van der Waals surface area (Å²) in [7, 11) is 0. The minimum Gasteiger partial charge on any atom is -0.395 e. The maximum atomic E-state index is 11.0. The van der Waals surface area contributed by atoms with Crippen molar-refractivity contribution in [3.63, 3.8) is 0 Å². The number of aliphatic hydroxyl groups excluding tert-OH is 1. The number of carbonyl (C=O) groups is 1. The molecule has 0 aromatic carbocycles. The molecule has 0 aromatic heterocycles. The number of aliphatic hydroxyl groups is 1. The van der Waals surface area contributed by atoms with Crippen LogP contribution in [0.25, 0.3) is 0 Å². The largest absolute Gasteiger partial charge is 0.395 e. The predicted molar refractivity (Wildman–Crippen MR) is 42.9 cm³/mol. The van der Waals surface area contributed by atoms with Crippen LogP contribution in [0.1, 0.15) is 13.3 Å². The number of amides is 1. The molecule has 0 aliphatic rings. The van der Waals surface area contributed by atoms with Gasteiger partial charge in [-0.15, -0.1) is 0 Å². The van der Waals surface area contributed by atoms with Gasteiger partial charge in [-0.3, -0.25) is 4.79 Å². The molecule has 4 N–H and O–H groups in total. The van der Waals surface area contributed by atoms with Crippen molar-refractivity contribution in [3.05, 3.63) is 0 Å². The van der Waals surface area contributed by atoms with E-state index in [0.29, 0.717) is 19.5 Å². The molecule has 4 heteroatoms. The molecule has 0 aliphatic heterocycles. The van der Waals surface area contributed by atoms with E-state index in [9.17, 15) is 4.79 Å². The number of carbonyl (C=O) groups excluding carboxylic acids is 1. The van der Waals surface area contributed by atoms with Crippen LogP contribution < -0.4 is 11.1 Å². The van der Waals surface area contributed by atoms with Crippen LogP contribution >= 0.6 is 0 Å². The summed E-state index contributed by atoms with van der Waals surface area (Å²) in [5.41, 5.74) is 5.27. The summed E-state index contributed by atoms with van der Waals surface area (Å²) in [6.45, 7) is 2.65. The molecule has 0 bridgehead atoms. The maximum Gasteiger partial charge on any atom is 0.222 e. The highest BCUT2D eigenvalue weighted by molar-refractivity contribution is 5.78. The second kappa shape index (κ2) is 6.12. The Kier molecular flexibility index (Phi) is 5.78. The molecule has 0 heterocycles. The van der Waals surface area contributed by atoms with Crippen LogP contribution in [0.5, 0.6) is 0 Å². The average molecular weight is 160 g/mol. The first-order valence-electron chi connectivity index (χ1n) is 3.81. The summed E-state index contributed by atoms with van der Waals surface area (Å²) in [6.07, 6.45) is 0.692. The van der Waals surface area contributed by atoms with Gasteiger partial charge < -0.3 is 16.2 Å². The van der Waals surface area contributed by atoms with Gasteiger partial charge in [0.1, 0.15) is 0 Å². The Labute approximate surface area is 66.8 Å². The first-order valence-corrected chi connectivity index (χ1v) is 3.81. The van der Waals surface area contributed by atoms with Crippen LogP contribution in [0, 0.1) is 5.92 Å². The van der Waals surface area contributed by atoms with Gasteiger partial charge in [-0.25, -0.2) is 0 Å². The van der Waals surface area contributed by atoms with Crippen molar-refractivity contribution in [2.75, 3.05) is 19.7 Å². The summed E-state index contributed by atoms with van der Waals surface area (Å²) < 4.78 is 0. The third kappa shape index (κ3) is 4.75. The van der Waals surface area contributed by atoms with Crippen molar-refractivity contribution < 1.29 is 9.90 Å². The van der Waals surface area contributed by atoms with E-state index in [1.807, 2.05) is 6.92 Å². The standard InChI is InChI=1S/C7H16N2O2/c1-6(2-3-8)7(11)9-4-5-10/h6,10H,2-5,8H2,1H3,(H,9,11). The quantitative estimate of drug-likeness (QED) is 0.487. The van der Waals surface area contributed by atoms with Gasteiger partial charge in [0, 0.05) is 12.5 Å². The van der Waals surface area contributed by atoms with Gasteiger partial charge in [0.25, 0.3) is 0 Å². The number of hydrogen-bond donors (Lipinski definition) is 3. The van der Waals surface area contributed by atoms with E-state index in [4.69, 9.17) is 10.8 Å². The zero-order valence-electron chi connectivity index (χ0n) is 6.84. The Bertz CT molecular complexity index is 117. The normalized spacial score (nSPS) is 12.6. The molecule has 0 radical (unpaired) electrons. The first-order chi connectivity index (χ1) is 5.22. The van der Waals surface area contributed by atoms with Gasteiger partial charge in [0.15, 0.2) is 0 Å². The lowest BCUT2D eigenvalue weighted by molar-refractivity contribution is -0.124. The third-order valence-corrected chi connectivity index (χ3v) is 1.46. The highest BCUT2D eigenvalue weighted by atomic mass is 16.3. The summed E-state index contributed by atoms with van der Waals surface area (Å²) in [4.78, 5) is 11.0. The second-order valence-corrected chi connectivity index (χ2v) is 2.49. The molecule has 66 valence electrons. The molecule has 0 spiro atoms. The van der Waals surface area contributed by atoms with Crippen molar-refractivity contribution in [1.29, 1.82) is 0 Å². The van der Waals surface area contributed by atoms with Crippen LogP contribution in [0.3, 0.4) is 0 Å². The lowest BCUT2D eigenvalue weighted by Crippen LogP contribution is -2.32. The van der Waals surface area contributed by atoms with Crippen molar-refractivity contribution in [1.82, 2.24) is 5.32 Å². The lowest BCUT2D eigenvalue weighted by Gasteiger charge is -2.09. The molecular formula is C7H16N2O2. The van der Waals surface area contributed by atoms with E-state index < -0.39 is 0 Å². The first kappa shape index (κ1) is 10.4. The van der Waals surface area contributed by atoms with E-state index >= 15 is 0 Å². The Morgan fingerprint density at radius 2 is 2.36 bits per heavy atom. The summed E-state index contributed by atoms with van der Waals surface area (Å²) in [6, 6.07) is 0. The van der Waals surface area contributed by atoms with Gasteiger partial charge in [-0.1, -0.05) is 6.92 Å². The summed E-state index contributed by atoms with van der Waals surface area (Å²) in [5, 5.41) is 11.0. The van der Waals surface area contributed by atoms with Gasteiger partial charge in [0.05, 0.1) is 6.61 Å². The maximum absolute atomic E-state index is 11.0. The Balaban J connectivity index is 3.47. The van der Waals surface area contributed by atoms with Crippen LogP contribution in [0.2, 0.25) is 0 Å². The molecule has 0 aromatic rings. The number of hydrogen-bond acceptors (Lipinski definition) is 3. The van der Waals surface area contributed by atoms with Gasteiger partial charge in [0.2, 0.25) is 5.91 Å². The molecular weight excluding hydrogens is 144 g/mol. The molecule has 1 unspecified atom stereocenters. The van der Waals surface area contributed by atoms with Crippen molar-refractivity contribution in [3.8, 4) is 0 Å². The van der Waals surface area contributed by atoms with Crippen LogP contribution in [-0.4, -0.2) is 30.7 Å². The molecule has 0 aliphatic carbocycles. The number of nitrogens with two attached hydrogens (primary N) is 1. The number of nitrogens with one attached hydrogen (secondary N) is 1. The Morgan fingerprint density at radius 1 is 1.73 bits per heavy atom. The van der Waals surface area contributed by atoms with Gasteiger partial charge in [-0.2, -0.15) is 0 Å². The van der Waals surface area contributed by atoms with Crippen molar-refractivity contribution in [2.45, 2.75) is 13.3 Å². The van der Waals surface area contributed by atoms with E-state index in [0.717, 1.165) is 0 Å². The SMILES string of the molecule is CC(CCN)C(=O)NCCO. The Hall–Kier alpha value is -0.610. The molecule has 1 amide bonds. The third-order valence-electron chi connectivity index (χ3n) is 1.46. The molecule has 0 saturated heterocycles. The monoisotopic (exact) mass is 160 g/mol. The van der Waals surface area contributed by atoms with Crippen LogP contribution in [-0.2, 0) is 4.79 Å². The minimum atomic E-state index is -0.0495. The van der Waals surface area contributed by atoms with E-state index in [1.54, 1.807) is 0 Å². The Morgan fingerprint density at radius 3 is 2.82 bits per heavy atom. The fourth-order valence-corrected chi connectivity index (χ4v) is 0.734. The van der Waals surface area contributed by atoms with Gasteiger partial charge >= 0.3 is 0 Å². The minimum absolute atomic E-state index is 0.0128. The molecule has 0 saturated carbocycles. The lowest BCUT2D eigenvalue weighted by atomic mass is 10.1. The fraction of sp³-hybridized carbons (Fsp3) is 0.857. The summed E-state index contributed by atoms with van der Waals surface area (Å²) in [5.74, 6) is -0.0870. The highest BCUT2D eigenvalue weighted by Gasteiger charge is 2.09. The second-order valence-electron chi connectivity index (χ2n) is 2.49. The predicted octanol–water partition coefficient (Wildman–Crippen LogP) is -0.920. The molecule has 0 rings (SSSR count). The molecule has 4 nitrogen and oxygen atoms in total. The van der Waals surface area contributed by atoms with E-state index in [-0.39, 0.29) is 18.4 Å². The fourth-order valence-electron chi connectivity index (χ4n) is 0.734. The number of rotatable bonds is 5. The highest BCUT2D eigenvalue weighted by Crippen LogP contribution is 1.98. The van der Waals surface area contributed by atoms with Crippen molar-refractivity contribution >= 4 is 5.91 Å². The van der Waals surface area contributed by atoms with Crippen LogP contribution in [0.4, 0.5) is 0 Å².